The summed E-state index contributed by atoms with van der Waals surface area (Å²) in [4.78, 5) is 12.2. The Bertz CT molecular complexity index is 485. The second kappa shape index (κ2) is 9.17. The zero-order chi connectivity index (χ0) is 14.8. The van der Waals surface area contributed by atoms with Gasteiger partial charge in [0.2, 0.25) is 5.91 Å². The van der Waals surface area contributed by atoms with Gasteiger partial charge in [-0.25, -0.2) is 0 Å². The summed E-state index contributed by atoms with van der Waals surface area (Å²) in [5.41, 5.74) is 1.55. The highest BCUT2D eigenvalue weighted by Gasteiger charge is 2.15. The van der Waals surface area contributed by atoms with Gasteiger partial charge in [-0.05, 0) is 31.0 Å². The van der Waals surface area contributed by atoms with E-state index in [0.717, 1.165) is 36.9 Å². The Hall–Kier alpha value is -1.79. The molecule has 1 aromatic rings. The molecule has 0 aliphatic heterocycles. The maximum Gasteiger partial charge on any atom is 0.227 e. The van der Waals surface area contributed by atoms with E-state index in [1.165, 1.54) is 0 Å². The minimum Gasteiger partial charge on any atom is -0.384 e. The van der Waals surface area contributed by atoms with E-state index in [1.54, 1.807) is 0 Å². The Balaban J connectivity index is 2.69. The number of amides is 1. The first-order valence-corrected chi connectivity index (χ1v) is 7.21. The third kappa shape index (κ3) is 5.46. The molecule has 1 unspecified atom stereocenters. The number of unbranched alkanes of at least 4 members (excludes halogenated alkanes) is 1. The predicted octanol–water partition coefficient (Wildman–Crippen LogP) is 3.19. The van der Waals surface area contributed by atoms with E-state index in [9.17, 15) is 4.79 Å². The van der Waals surface area contributed by atoms with E-state index in [1.807, 2.05) is 31.2 Å². The third-order valence-electron chi connectivity index (χ3n) is 3.21. The molecule has 1 atom stereocenters. The summed E-state index contributed by atoms with van der Waals surface area (Å²) in [5.74, 6) is 5.58. The monoisotopic (exact) mass is 273 g/mol. The molecule has 0 heterocycles. The molecule has 0 spiro atoms. The standard InChI is InChI=1S/C17H23NO2/c1-3-5-10-15(4-2)17(20)18-16-11-6-8-14(13-16)9-7-12-19/h6,8,11,13,15,19H,3-5,10,12H2,1-2H3,(H,18,20). The second-order valence-corrected chi connectivity index (χ2v) is 4.78. The van der Waals surface area contributed by atoms with E-state index in [4.69, 9.17) is 5.11 Å². The first-order chi connectivity index (χ1) is 9.71. The molecular formula is C17H23NO2. The lowest BCUT2D eigenvalue weighted by atomic mass is 9.98. The van der Waals surface area contributed by atoms with Gasteiger partial charge in [0.1, 0.15) is 6.61 Å². The first-order valence-electron chi connectivity index (χ1n) is 7.21. The van der Waals surface area contributed by atoms with Gasteiger partial charge in [-0.1, -0.05) is 44.6 Å². The van der Waals surface area contributed by atoms with E-state index in [-0.39, 0.29) is 18.4 Å². The zero-order valence-corrected chi connectivity index (χ0v) is 12.3. The van der Waals surface area contributed by atoms with Crippen molar-refractivity contribution >= 4 is 11.6 Å². The van der Waals surface area contributed by atoms with Gasteiger partial charge in [0, 0.05) is 17.2 Å². The molecule has 0 radical (unpaired) electrons. The number of nitrogens with one attached hydrogen (secondary N) is 1. The topological polar surface area (TPSA) is 49.3 Å². The maximum absolute atomic E-state index is 12.2. The molecule has 0 fully saturated rings. The highest BCUT2D eigenvalue weighted by atomic mass is 16.2. The Morgan fingerprint density at radius 2 is 2.20 bits per heavy atom. The van der Waals surface area contributed by atoms with Crippen molar-refractivity contribution in [3.8, 4) is 11.8 Å². The van der Waals surface area contributed by atoms with Crippen LogP contribution in [0.4, 0.5) is 5.69 Å². The van der Waals surface area contributed by atoms with Crippen molar-refractivity contribution in [2.45, 2.75) is 39.5 Å². The van der Waals surface area contributed by atoms with Crippen LogP contribution in [0.3, 0.4) is 0 Å². The molecule has 0 saturated carbocycles. The van der Waals surface area contributed by atoms with Crippen LogP contribution < -0.4 is 5.32 Å². The molecule has 0 aliphatic carbocycles. The number of aliphatic hydroxyl groups excluding tert-OH is 1. The van der Waals surface area contributed by atoms with Gasteiger partial charge in [0.25, 0.3) is 0 Å². The number of rotatable bonds is 6. The van der Waals surface area contributed by atoms with Crippen LogP contribution in [0.2, 0.25) is 0 Å². The van der Waals surface area contributed by atoms with E-state index < -0.39 is 0 Å². The SMILES string of the molecule is CCCCC(CC)C(=O)Nc1cccc(C#CCO)c1. The molecule has 1 aromatic carbocycles. The molecule has 0 saturated heterocycles. The summed E-state index contributed by atoms with van der Waals surface area (Å²) in [5, 5.41) is 11.6. The van der Waals surface area contributed by atoms with Gasteiger partial charge in [0.15, 0.2) is 0 Å². The van der Waals surface area contributed by atoms with Crippen LogP contribution in [0.25, 0.3) is 0 Å². The van der Waals surface area contributed by atoms with Crippen LogP contribution in [0.5, 0.6) is 0 Å². The fourth-order valence-corrected chi connectivity index (χ4v) is 2.03. The minimum atomic E-state index is -0.161. The van der Waals surface area contributed by atoms with Crippen molar-refractivity contribution in [2.75, 3.05) is 11.9 Å². The number of anilines is 1. The van der Waals surface area contributed by atoms with Gasteiger partial charge in [-0.15, -0.1) is 0 Å². The molecule has 20 heavy (non-hydrogen) atoms. The molecule has 3 heteroatoms. The molecule has 0 aliphatic rings. The smallest absolute Gasteiger partial charge is 0.227 e. The number of benzene rings is 1. The van der Waals surface area contributed by atoms with Gasteiger partial charge in [0.05, 0.1) is 0 Å². The fourth-order valence-electron chi connectivity index (χ4n) is 2.03. The lowest BCUT2D eigenvalue weighted by Crippen LogP contribution is -2.22. The molecule has 1 rings (SSSR count). The third-order valence-corrected chi connectivity index (χ3v) is 3.21. The molecule has 2 N–H and O–H groups in total. The van der Waals surface area contributed by atoms with Crippen LogP contribution in [-0.4, -0.2) is 17.6 Å². The predicted molar refractivity (Wildman–Crippen MR) is 82.3 cm³/mol. The Morgan fingerprint density at radius 3 is 2.85 bits per heavy atom. The van der Waals surface area contributed by atoms with Crippen LogP contribution in [0.15, 0.2) is 24.3 Å². The number of hydrogen-bond donors (Lipinski definition) is 2. The summed E-state index contributed by atoms with van der Waals surface area (Å²) >= 11 is 0. The van der Waals surface area contributed by atoms with Crippen molar-refractivity contribution in [1.82, 2.24) is 0 Å². The van der Waals surface area contributed by atoms with Crippen molar-refractivity contribution < 1.29 is 9.90 Å². The van der Waals surface area contributed by atoms with Crippen molar-refractivity contribution in [1.29, 1.82) is 0 Å². The summed E-state index contributed by atoms with van der Waals surface area (Å²) in [6.45, 7) is 4.02. The molecule has 3 nitrogen and oxygen atoms in total. The summed E-state index contributed by atoms with van der Waals surface area (Å²) < 4.78 is 0. The second-order valence-electron chi connectivity index (χ2n) is 4.78. The Labute approximate surface area is 121 Å². The number of carbonyl (C=O) groups is 1. The maximum atomic E-state index is 12.2. The average molecular weight is 273 g/mol. The number of carbonyl (C=O) groups excluding carboxylic acids is 1. The normalized spacial score (nSPS) is 11.3. The molecular weight excluding hydrogens is 250 g/mol. The lowest BCUT2D eigenvalue weighted by molar-refractivity contribution is -0.120. The highest BCUT2D eigenvalue weighted by molar-refractivity contribution is 5.92. The van der Waals surface area contributed by atoms with E-state index >= 15 is 0 Å². The Kier molecular flexibility index (Phi) is 7.46. The van der Waals surface area contributed by atoms with Crippen molar-refractivity contribution in [3.05, 3.63) is 29.8 Å². The molecule has 0 aromatic heterocycles. The molecule has 1 amide bonds. The van der Waals surface area contributed by atoms with E-state index in [2.05, 4.69) is 24.1 Å². The van der Waals surface area contributed by atoms with Gasteiger partial charge in [-0.2, -0.15) is 0 Å². The van der Waals surface area contributed by atoms with Crippen LogP contribution in [0, 0.1) is 17.8 Å². The average Bonchev–Trinajstić information content (AvgIpc) is 2.46. The summed E-state index contributed by atoms with van der Waals surface area (Å²) in [6.07, 6.45) is 3.97. The quantitative estimate of drug-likeness (QED) is 0.782. The molecule has 108 valence electrons. The minimum absolute atomic E-state index is 0.0714. The van der Waals surface area contributed by atoms with E-state index in [0.29, 0.717) is 0 Å². The summed E-state index contributed by atoms with van der Waals surface area (Å²) in [7, 11) is 0. The van der Waals surface area contributed by atoms with Gasteiger partial charge >= 0.3 is 0 Å². The Morgan fingerprint density at radius 1 is 1.40 bits per heavy atom. The van der Waals surface area contributed by atoms with Crippen molar-refractivity contribution in [3.63, 3.8) is 0 Å². The largest absolute Gasteiger partial charge is 0.384 e. The van der Waals surface area contributed by atoms with Crippen LogP contribution >= 0.6 is 0 Å². The van der Waals surface area contributed by atoms with Gasteiger partial charge in [-0.3, -0.25) is 4.79 Å². The number of hydrogen-bond acceptors (Lipinski definition) is 2. The van der Waals surface area contributed by atoms with Crippen LogP contribution in [0.1, 0.15) is 45.1 Å². The molecule has 0 bridgehead atoms. The lowest BCUT2D eigenvalue weighted by Gasteiger charge is -2.14. The first kappa shape index (κ1) is 16.3. The fraction of sp³-hybridized carbons (Fsp3) is 0.471. The van der Waals surface area contributed by atoms with Crippen molar-refractivity contribution in [2.24, 2.45) is 5.92 Å². The summed E-state index contributed by atoms with van der Waals surface area (Å²) in [6, 6.07) is 7.39. The zero-order valence-electron chi connectivity index (χ0n) is 12.3. The van der Waals surface area contributed by atoms with Crippen LogP contribution in [-0.2, 0) is 4.79 Å². The van der Waals surface area contributed by atoms with Gasteiger partial charge < -0.3 is 10.4 Å². The number of aliphatic hydroxyl groups is 1. The highest BCUT2D eigenvalue weighted by Crippen LogP contribution is 2.17.